The third-order valence-electron chi connectivity index (χ3n) is 4.61. The van der Waals surface area contributed by atoms with Crippen LogP contribution in [0.25, 0.3) is 10.6 Å². The molecule has 0 bridgehead atoms. The van der Waals surface area contributed by atoms with Crippen LogP contribution in [0, 0.1) is 5.92 Å². The van der Waals surface area contributed by atoms with Crippen LogP contribution >= 0.6 is 11.3 Å². The Labute approximate surface area is 144 Å². The van der Waals surface area contributed by atoms with Gasteiger partial charge in [-0.05, 0) is 31.4 Å². The van der Waals surface area contributed by atoms with Crippen LogP contribution in [0.3, 0.4) is 0 Å². The fourth-order valence-electron chi connectivity index (χ4n) is 3.04. The van der Waals surface area contributed by atoms with Crippen molar-refractivity contribution >= 4 is 23.2 Å². The number of hydrogen-bond donors (Lipinski definition) is 0. The molecule has 3 heterocycles. The standard InChI is InChI=1S/C17H18N4O2S/c22-16(12-4-1-5-12)20-8-3-9-21(20)17(23)14-11-24-15(19-14)13-6-2-7-18-10-13/h2,6-7,10-12H,1,3-5,8-9H2. The second kappa shape index (κ2) is 6.32. The Hall–Kier alpha value is -2.28. The maximum absolute atomic E-state index is 12.8. The SMILES string of the molecule is O=C(c1csc(-c2cccnc2)n1)N1CCCN1C(=O)C1CCC1. The van der Waals surface area contributed by atoms with E-state index in [4.69, 9.17) is 0 Å². The summed E-state index contributed by atoms with van der Waals surface area (Å²) in [4.78, 5) is 33.8. The van der Waals surface area contributed by atoms with E-state index in [9.17, 15) is 9.59 Å². The van der Waals surface area contributed by atoms with Crippen molar-refractivity contribution in [3.8, 4) is 10.6 Å². The lowest BCUT2D eigenvalue weighted by molar-refractivity contribution is -0.147. The fraction of sp³-hybridized carbons (Fsp3) is 0.412. The third-order valence-corrected chi connectivity index (χ3v) is 5.50. The lowest BCUT2D eigenvalue weighted by atomic mass is 9.84. The molecule has 0 N–H and O–H groups in total. The summed E-state index contributed by atoms with van der Waals surface area (Å²) in [5, 5.41) is 5.73. The molecular formula is C17H18N4O2S. The van der Waals surface area contributed by atoms with Crippen LogP contribution in [-0.2, 0) is 4.79 Å². The van der Waals surface area contributed by atoms with Gasteiger partial charge in [-0.1, -0.05) is 6.42 Å². The van der Waals surface area contributed by atoms with E-state index in [1.807, 2.05) is 12.1 Å². The molecule has 2 aliphatic rings. The van der Waals surface area contributed by atoms with Gasteiger partial charge in [0, 0.05) is 42.3 Å². The van der Waals surface area contributed by atoms with Crippen LogP contribution in [0.15, 0.2) is 29.9 Å². The number of amides is 2. The lowest BCUT2D eigenvalue weighted by Gasteiger charge is -2.33. The maximum Gasteiger partial charge on any atom is 0.291 e. The second-order valence-electron chi connectivity index (χ2n) is 6.15. The van der Waals surface area contributed by atoms with E-state index in [1.165, 1.54) is 11.3 Å². The minimum Gasteiger partial charge on any atom is -0.273 e. The predicted octanol–water partition coefficient (Wildman–Crippen LogP) is 2.59. The van der Waals surface area contributed by atoms with Gasteiger partial charge in [-0.2, -0.15) is 0 Å². The first-order valence-corrected chi connectivity index (χ1v) is 9.11. The summed E-state index contributed by atoms with van der Waals surface area (Å²) in [5.74, 6) is 0.00108. The average Bonchev–Trinajstić information content (AvgIpc) is 3.23. The summed E-state index contributed by atoms with van der Waals surface area (Å²) < 4.78 is 0. The van der Waals surface area contributed by atoms with E-state index >= 15 is 0 Å². The largest absolute Gasteiger partial charge is 0.291 e. The molecule has 1 aliphatic carbocycles. The van der Waals surface area contributed by atoms with Gasteiger partial charge in [-0.15, -0.1) is 11.3 Å². The molecule has 1 saturated heterocycles. The summed E-state index contributed by atoms with van der Waals surface area (Å²) >= 11 is 1.42. The van der Waals surface area contributed by atoms with Gasteiger partial charge in [0.05, 0.1) is 0 Å². The van der Waals surface area contributed by atoms with Crippen molar-refractivity contribution in [2.24, 2.45) is 5.92 Å². The first-order chi connectivity index (χ1) is 11.7. The van der Waals surface area contributed by atoms with Crippen LogP contribution < -0.4 is 0 Å². The number of pyridine rings is 1. The first kappa shape index (κ1) is 15.3. The molecule has 0 spiro atoms. The van der Waals surface area contributed by atoms with E-state index in [2.05, 4.69) is 9.97 Å². The van der Waals surface area contributed by atoms with Gasteiger partial charge >= 0.3 is 0 Å². The van der Waals surface area contributed by atoms with E-state index in [-0.39, 0.29) is 17.7 Å². The van der Waals surface area contributed by atoms with Crippen molar-refractivity contribution in [1.82, 2.24) is 20.0 Å². The van der Waals surface area contributed by atoms with E-state index in [1.54, 1.807) is 27.8 Å². The normalized spacial score (nSPS) is 17.8. The molecule has 24 heavy (non-hydrogen) atoms. The van der Waals surface area contributed by atoms with Crippen LogP contribution in [-0.4, -0.2) is 44.9 Å². The highest BCUT2D eigenvalue weighted by molar-refractivity contribution is 7.13. The summed E-state index contributed by atoms with van der Waals surface area (Å²) in [5.41, 5.74) is 1.29. The van der Waals surface area contributed by atoms with Crippen LogP contribution in [0.4, 0.5) is 0 Å². The Morgan fingerprint density at radius 1 is 1.17 bits per heavy atom. The molecule has 0 atom stereocenters. The molecule has 1 aliphatic heterocycles. The van der Waals surface area contributed by atoms with E-state index < -0.39 is 0 Å². The Morgan fingerprint density at radius 2 is 2.00 bits per heavy atom. The monoisotopic (exact) mass is 342 g/mol. The van der Waals surface area contributed by atoms with Gasteiger partial charge in [-0.3, -0.25) is 19.6 Å². The van der Waals surface area contributed by atoms with Gasteiger partial charge in [0.25, 0.3) is 5.91 Å². The molecule has 1 saturated carbocycles. The molecular weight excluding hydrogens is 324 g/mol. The number of rotatable bonds is 3. The second-order valence-corrected chi connectivity index (χ2v) is 7.01. The molecule has 124 valence electrons. The van der Waals surface area contributed by atoms with Crippen molar-refractivity contribution < 1.29 is 9.59 Å². The van der Waals surface area contributed by atoms with Gasteiger partial charge in [0.2, 0.25) is 5.91 Å². The Balaban J connectivity index is 1.52. The summed E-state index contributed by atoms with van der Waals surface area (Å²) in [6.07, 6.45) is 7.26. The Kier molecular flexibility index (Phi) is 4.02. The molecule has 2 aromatic rings. The number of aromatic nitrogens is 2. The van der Waals surface area contributed by atoms with Gasteiger partial charge < -0.3 is 0 Å². The predicted molar refractivity (Wildman–Crippen MR) is 90.1 cm³/mol. The quantitative estimate of drug-likeness (QED) is 0.860. The number of carbonyl (C=O) groups excluding carboxylic acids is 2. The van der Waals surface area contributed by atoms with Gasteiger partial charge in [-0.25, -0.2) is 9.99 Å². The smallest absolute Gasteiger partial charge is 0.273 e. The number of carbonyl (C=O) groups is 2. The zero-order chi connectivity index (χ0) is 16.5. The Morgan fingerprint density at radius 3 is 2.71 bits per heavy atom. The van der Waals surface area contributed by atoms with E-state index in [0.29, 0.717) is 18.8 Å². The number of hydrazine groups is 1. The third kappa shape index (κ3) is 2.69. The molecule has 0 radical (unpaired) electrons. The number of thiazole rings is 1. The first-order valence-electron chi connectivity index (χ1n) is 8.23. The molecule has 7 heteroatoms. The Bertz CT molecular complexity index is 757. The minimum absolute atomic E-state index is 0.0924. The minimum atomic E-state index is -0.188. The summed E-state index contributed by atoms with van der Waals surface area (Å²) in [7, 11) is 0. The lowest BCUT2D eigenvalue weighted by Crippen LogP contribution is -2.48. The topological polar surface area (TPSA) is 66.4 Å². The van der Waals surface area contributed by atoms with Crippen LogP contribution in [0.5, 0.6) is 0 Å². The summed E-state index contributed by atoms with van der Waals surface area (Å²) in [6.45, 7) is 1.21. The van der Waals surface area contributed by atoms with Gasteiger partial charge in [0.1, 0.15) is 10.7 Å². The highest BCUT2D eigenvalue weighted by Gasteiger charge is 2.37. The number of hydrogen-bond acceptors (Lipinski definition) is 5. The summed E-state index contributed by atoms with van der Waals surface area (Å²) in [6, 6.07) is 3.76. The molecule has 2 fully saturated rings. The van der Waals surface area contributed by atoms with E-state index in [0.717, 1.165) is 36.3 Å². The molecule has 6 nitrogen and oxygen atoms in total. The average molecular weight is 342 g/mol. The van der Waals surface area contributed by atoms with Crippen LogP contribution in [0.2, 0.25) is 0 Å². The van der Waals surface area contributed by atoms with Crippen molar-refractivity contribution in [2.75, 3.05) is 13.1 Å². The zero-order valence-electron chi connectivity index (χ0n) is 13.2. The molecule has 2 amide bonds. The van der Waals surface area contributed by atoms with Gasteiger partial charge in [0.15, 0.2) is 0 Å². The van der Waals surface area contributed by atoms with Crippen LogP contribution in [0.1, 0.15) is 36.2 Å². The molecule has 2 aromatic heterocycles. The van der Waals surface area contributed by atoms with Crippen molar-refractivity contribution in [3.05, 3.63) is 35.6 Å². The maximum atomic E-state index is 12.8. The highest BCUT2D eigenvalue weighted by Crippen LogP contribution is 2.31. The molecule has 0 unspecified atom stereocenters. The van der Waals surface area contributed by atoms with Crippen molar-refractivity contribution in [3.63, 3.8) is 0 Å². The molecule has 0 aromatic carbocycles. The van der Waals surface area contributed by atoms with Crippen molar-refractivity contribution in [2.45, 2.75) is 25.7 Å². The zero-order valence-corrected chi connectivity index (χ0v) is 14.0. The molecule has 4 rings (SSSR count). The fourth-order valence-corrected chi connectivity index (χ4v) is 3.83. The number of nitrogens with zero attached hydrogens (tertiary/aromatic N) is 4. The highest BCUT2D eigenvalue weighted by atomic mass is 32.1. The van der Waals surface area contributed by atoms with Crippen molar-refractivity contribution in [1.29, 1.82) is 0 Å².